The van der Waals surface area contributed by atoms with Gasteiger partial charge in [0.05, 0.1) is 4.88 Å². The first-order valence-corrected chi connectivity index (χ1v) is 6.48. The smallest absolute Gasteiger partial charge is 0.263 e. The molecule has 0 spiro atoms. The molecule has 0 atom stereocenters. The first-order valence-electron chi connectivity index (χ1n) is 4.81. The normalized spacial score (nSPS) is 17.1. The average molecular weight is 274 g/mol. The molecule has 1 aromatic heterocycles. The highest BCUT2D eigenvalue weighted by Gasteiger charge is 2.19. The van der Waals surface area contributed by atoms with Crippen molar-refractivity contribution in [3.63, 3.8) is 0 Å². The van der Waals surface area contributed by atoms with Gasteiger partial charge in [0.1, 0.15) is 0 Å². The Morgan fingerprint density at radius 1 is 1.36 bits per heavy atom. The van der Waals surface area contributed by atoms with Crippen molar-refractivity contribution in [2.75, 3.05) is 13.1 Å². The zero-order valence-electron chi connectivity index (χ0n) is 7.83. The van der Waals surface area contributed by atoms with Crippen molar-refractivity contribution in [2.45, 2.75) is 19.3 Å². The van der Waals surface area contributed by atoms with E-state index < -0.39 is 0 Å². The molecule has 0 saturated carbocycles. The van der Waals surface area contributed by atoms with E-state index in [0.717, 1.165) is 35.3 Å². The summed E-state index contributed by atoms with van der Waals surface area (Å²) in [5.74, 6) is 0.195. The van der Waals surface area contributed by atoms with Crippen LogP contribution in [0.5, 0.6) is 0 Å². The van der Waals surface area contributed by atoms with Crippen LogP contribution in [0.25, 0.3) is 0 Å². The van der Waals surface area contributed by atoms with Crippen molar-refractivity contribution in [1.82, 2.24) is 4.90 Å². The third kappa shape index (κ3) is 2.17. The summed E-state index contributed by atoms with van der Waals surface area (Å²) in [5.41, 5.74) is 0. The Bertz CT molecular complexity index is 331. The van der Waals surface area contributed by atoms with E-state index in [1.54, 1.807) is 0 Å². The Morgan fingerprint density at radius 3 is 2.64 bits per heavy atom. The fourth-order valence-electron chi connectivity index (χ4n) is 1.68. The maximum Gasteiger partial charge on any atom is 0.263 e. The molecule has 14 heavy (non-hydrogen) atoms. The highest BCUT2D eigenvalue weighted by atomic mass is 79.9. The molecule has 4 heteroatoms. The lowest BCUT2D eigenvalue weighted by atomic mass is 10.1. The predicted molar refractivity (Wildman–Crippen MR) is 61.8 cm³/mol. The molecule has 2 nitrogen and oxygen atoms in total. The molecule has 1 fully saturated rings. The highest BCUT2D eigenvalue weighted by Crippen LogP contribution is 2.22. The van der Waals surface area contributed by atoms with Gasteiger partial charge in [0.25, 0.3) is 5.91 Å². The fourth-order valence-corrected chi connectivity index (χ4v) is 3.07. The molecule has 1 amide bonds. The maximum atomic E-state index is 11.9. The van der Waals surface area contributed by atoms with Gasteiger partial charge >= 0.3 is 0 Å². The van der Waals surface area contributed by atoms with Crippen LogP contribution < -0.4 is 0 Å². The molecule has 1 saturated heterocycles. The zero-order valence-corrected chi connectivity index (χ0v) is 10.2. The molecule has 0 aromatic carbocycles. The van der Waals surface area contributed by atoms with Crippen molar-refractivity contribution in [3.8, 4) is 0 Å². The number of carbonyl (C=O) groups excluding carboxylic acids is 1. The number of piperidine rings is 1. The number of thiophene rings is 1. The van der Waals surface area contributed by atoms with Gasteiger partial charge in [-0.3, -0.25) is 4.79 Å². The SMILES string of the molecule is O=C(c1cc(Br)cs1)N1CCCCC1. The van der Waals surface area contributed by atoms with Gasteiger partial charge in [-0.05, 0) is 41.3 Å². The van der Waals surface area contributed by atoms with E-state index in [1.165, 1.54) is 17.8 Å². The fraction of sp³-hybridized carbons (Fsp3) is 0.500. The molecule has 2 rings (SSSR count). The van der Waals surface area contributed by atoms with Gasteiger partial charge in [-0.2, -0.15) is 0 Å². The molecule has 0 bridgehead atoms. The molecule has 76 valence electrons. The van der Waals surface area contributed by atoms with Crippen LogP contribution in [0, 0.1) is 0 Å². The van der Waals surface area contributed by atoms with Crippen LogP contribution in [0.15, 0.2) is 15.9 Å². The van der Waals surface area contributed by atoms with Crippen molar-refractivity contribution >= 4 is 33.2 Å². The van der Waals surface area contributed by atoms with E-state index in [1.807, 2.05) is 16.3 Å². The summed E-state index contributed by atoms with van der Waals surface area (Å²) >= 11 is 4.88. The first kappa shape index (κ1) is 10.2. The predicted octanol–water partition coefficient (Wildman–Crippen LogP) is 3.14. The van der Waals surface area contributed by atoms with E-state index in [-0.39, 0.29) is 5.91 Å². The highest BCUT2D eigenvalue weighted by molar-refractivity contribution is 9.10. The molecule has 2 heterocycles. The molecule has 1 aromatic rings. The van der Waals surface area contributed by atoms with E-state index in [9.17, 15) is 4.79 Å². The van der Waals surface area contributed by atoms with Gasteiger partial charge in [-0.1, -0.05) is 0 Å². The van der Waals surface area contributed by atoms with E-state index in [4.69, 9.17) is 0 Å². The number of hydrogen-bond donors (Lipinski definition) is 0. The Labute approximate surface area is 96.0 Å². The van der Waals surface area contributed by atoms with Crippen LogP contribution in [0.3, 0.4) is 0 Å². The molecule has 0 aliphatic carbocycles. The van der Waals surface area contributed by atoms with Gasteiger partial charge in [0.2, 0.25) is 0 Å². The van der Waals surface area contributed by atoms with Crippen molar-refractivity contribution in [3.05, 3.63) is 20.8 Å². The van der Waals surface area contributed by atoms with E-state index in [2.05, 4.69) is 15.9 Å². The topological polar surface area (TPSA) is 20.3 Å². The third-order valence-electron chi connectivity index (χ3n) is 2.42. The quantitative estimate of drug-likeness (QED) is 0.770. The summed E-state index contributed by atoms with van der Waals surface area (Å²) < 4.78 is 1.00. The molecule has 0 unspecified atom stereocenters. The lowest BCUT2D eigenvalue weighted by Crippen LogP contribution is -2.35. The van der Waals surface area contributed by atoms with Gasteiger partial charge < -0.3 is 4.90 Å². The monoisotopic (exact) mass is 273 g/mol. The number of amides is 1. The second-order valence-electron chi connectivity index (χ2n) is 3.48. The summed E-state index contributed by atoms with van der Waals surface area (Å²) in [6.07, 6.45) is 3.56. The van der Waals surface area contributed by atoms with Crippen LogP contribution in [0.1, 0.15) is 28.9 Å². The number of halogens is 1. The van der Waals surface area contributed by atoms with Gasteiger partial charge in [0, 0.05) is 22.9 Å². The largest absolute Gasteiger partial charge is 0.338 e. The minimum absolute atomic E-state index is 0.195. The molecular formula is C10H12BrNOS. The summed E-state index contributed by atoms with van der Waals surface area (Å²) in [5, 5.41) is 1.96. The van der Waals surface area contributed by atoms with Crippen molar-refractivity contribution in [1.29, 1.82) is 0 Å². The molecular weight excluding hydrogens is 262 g/mol. The maximum absolute atomic E-state index is 11.9. The minimum Gasteiger partial charge on any atom is -0.338 e. The van der Waals surface area contributed by atoms with Gasteiger partial charge in [0.15, 0.2) is 0 Å². The van der Waals surface area contributed by atoms with Crippen LogP contribution in [-0.4, -0.2) is 23.9 Å². The minimum atomic E-state index is 0.195. The first-order chi connectivity index (χ1) is 6.77. The molecule has 0 N–H and O–H groups in total. The summed E-state index contributed by atoms with van der Waals surface area (Å²) in [6.45, 7) is 1.85. The third-order valence-corrected chi connectivity index (χ3v) is 4.10. The van der Waals surface area contributed by atoms with Crippen LogP contribution in [-0.2, 0) is 0 Å². The molecule has 0 radical (unpaired) electrons. The zero-order chi connectivity index (χ0) is 9.97. The summed E-state index contributed by atoms with van der Waals surface area (Å²) in [7, 11) is 0. The lowest BCUT2D eigenvalue weighted by Gasteiger charge is -2.26. The van der Waals surface area contributed by atoms with Gasteiger partial charge in [-0.25, -0.2) is 0 Å². The number of likely N-dealkylation sites (tertiary alicyclic amines) is 1. The Balaban J connectivity index is 2.07. The van der Waals surface area contributed by atoms with E-state index in [0.29, 0.717) is 0 Å². The van der Waals surface area contributed by atoms with Crippen LogP contribution >= 0.6 is 27.3 Å². The summed E-state index contributed by atoms with van der Waals surface area (Å²) in [6, 6.07) is 1.90. The standard InChI is InChI=1S/C10H12BrNOS/c11-8-6-9(14-7-8)10(13)12-4-2-1-3-5-12/h6-7H,1-5H2. The second-order valence-corrected chi connectivity index (χ2v) is 5.31. The molecule has 1 aliphatic rings. The Morgan fingerprint density at radius 2 is 2.07 bits per heavy atom. The number of hydrogen-bond acceptors (Lipinski definition) is 2. The Hall–Kier alpha value is -0.350. The Kier molecular flexibility index (Phi) is 3.23. The lowest BCUT2D eigenvalue weighted by molar-refractivity contribution is 0.0729. The molecule has 1 aliphatic heterocycles. The van der Waals surface area contributed by atoms with E-state index >= 15 is 0 Å². The van der Waals surface area contributed by atoms with Crippen molar-refractivity contribution < 1.29 is 4.79 Å². The second kappa shape index (κ2) is 4.45. The van der Waals surface area contributed by atoms with Gasteiger partial charge in [-0.15, -0.1) is 11.3 Å². The summed E-state index contributed by atoms with van der Waals surface area (Å²) in [4.78, 5) is 14.7. The van der Waals surface area contributed by atoms with Crippen LogP contribution in [0.2, 0.25) is 0 Å². The number of carbonyl (C=O) groups is 1. The average Bonchev–Trinajstić information content (AvgIpc) is 2.65. The van der Waals surface area contributed by atoms with Crippen LogP contribution in [0.4, 0.5) is 0 Å². The van der Waals surface area contributed by atoms with Crippen molar-refractivity contribution in [2.24, 2.45) is 0 Å². The number of rotatable bonds is 1. The number of nitrogens with zero attached hydrogens (tertiary/aromatic N) is 1.